The summed E-state index contributed by atoms with van der Waals surface area (Å²) >= 11 is 7.52. The van der Waals surface area contributed by atoms with Gasteiger partial charge in [0.25, 0.3) is 0 Å². The van der Waals surface area contributed by atoms with Crippen LogP contribution >= 0.6 is 31.9 Å². The second kappa shape index (κ2) is 26.7. The summed E-state index contributed by atoms with van der Waals surface area (Å²) in [5, 5.41) is 4.98. The monoisotopic (exact) mass is 1500 g/mol. The molecule has 17 aromatic carbocycles. The van der Waals surface area contributed by atoms with Gasteiger partial charge in [0.1, 0.15) is 0 Å². The van der Waals surface area contributed by atoms with Gasteiger partial charge in [-0.3, -0.25) is 0 Å². The zero-order chi connectivity index (χ0) is 71.9. The number of aromatic nitrogens is 2. The van der Waals surface area contributed by atoms with Crippen molar-refractivity contribution in [2.45, 2.75) is 10.8 Å². The molecular weight excluding hydrogens is 1440 g/mol. The fourth-order valence-corrected chi connectivity index (χ4v) is 19.2. The summed E-state index contributed by atoms with van der Waals surface area (Å²) in [7, 11) is 0. The Balaban J connectivity index is 0.000000143. The Morgan fingerprint density at radius 1 is 0.204 bits per heavy atom. The van der Waals surface area contributed by atoms with Crippen LogP contribution in [-0.2, 0) is 10.8 Å². The third-order valence-corrected chi connectivity index (χ3v) is 24.1. The number of halogens is 2. The minimum Gasteiger partial charge on any atom is -0.309 e. The molecule has 0 aliphatic heterocycles. The maximum absolute atomic E-state index is 3.76. The molecule has 0 amide bonds. The van der Waals surface area contributed by atoms with Crippen LogP contribution < -0.4 is 0 Å². The molecule has 2 heterocycles. The first-order valence-electron chi connectivity index (χ1n) is 37.0. The molecule has 0 bridgehead atoms. The molecule has 0 atom stereocenters. The maximum atomic E-state index is 3.76. The molecule has 0 spiro atoms. The molecule has 2 aliphatic rings. The number of rotatable bonds is 11. The Morgan fingerprint density at radius 2 is 0.565 bits per heavy atom. The van der Waals surface area contributed by atoms with Crippen molar-refractivity contribution < 1.29 is 0 Å². The van der Waals surface area contributed by atoms with Crippen molar-refractivity contribution in [3.05, 3.63) is 466 Å². The summed E-state index contributed by atoms with van der Waals surface area (Å²) in [5.41, 5.74) is 33.8. The van der Waals surface area contributed by atoms with Crippen molar-refractivity contribution >= 4 is 75.5 Å². The van der Waals surface area contributed by atoms with Crippen molar-refractivity contribution in [3.63, 3.8) is 0 Å². The standard InChI is InChI=1S/C55H36BrN.C49H32BrN/c56-51-27-11-8-21-44(51)40-16-13-15-38(35-40)39-31-34-53-48(36-39)46-22-9-12-28-52(46)57(53)43-32-29-37(30-33-43)45-24-14-26-50-54(45)47-23-7-10-25-49(47)55(50,41-17-3-1-4-18-41)42-19-5-2-6-20-42;50-44-26-11-8-21-38(44)35-16-13-15-33(31-35)34-29-30-46-42(32-34)40-23-9-12-27-45(40)51(46)47-28-14-24-41-39-22-7-10-25-43(39)49(48(41)47,36-17-3-1-4-18-36)37-19-5-2-6-20-37/h1-36H;1-32H. The molecule has 0 N–H and O–H groups in total. The molecule has 108 heavy (non-hydrogen) atoms. The van der Waals surface area contributed by atoms with Crippen LogP contribution in [0.15, 0.2) is 421 Å². The van der Waals surface area contributed by atoms with Gasteiger partial charge in [-0.25, -0.2) is 0 Å². The van der Waals surface area contributed by atoms with Crippen LogP contribution in [0.2, 0.25) is 0 Å². The van der Waals surface area contributed by atoms with Crippen molar-refractivity contribution in [1.29, 1.82) is 0 Å². The average molecular weight is 1510 g/mol. The first-order valence-corrected chi connectivity index (χ1v) is 38.6. The van der Waals surface area contributed by atoms with E-state index < -0.39 is 10.8 Å². The van der Waals surface area contributed by atoms with Gasteiger partial charge in [0.15, 0.2) is 0 Å². The van der Waals surface area contributed by atoms with Gasteiger partial charge in [-0.05, 0) is 196 Å². The van der Waals surface area contributed by atoms with Crippen LogP contribution in [0.25, 0.3) is 133 Å². The largest absolute Gasteiger partial charge is 0.309 e. The molecule has 21 rings (SSSR count). The van der Waals surface area contributed by atoms with Crippen molar-refractivity contribution in [3.8, 4) is 89.3 Å². The van der Waals surface area contributed by atoms with E-state index in [1.54, 1.807) is 0 Å². The smallest absolute Gasteiger partial charge is 0.0734 e. The number of para-hydroxylation sites is 2. The summed E-state index contributed by atoms with van der Waals surface area (Å²) in [6.45, 7) is 0. The van der Waals surface area contributed by atoms with E-state index in [4.69, 9.17) is 0 Å². The van der Waals surface area contributed by atoms with E-state index >= 15 is 0 Å². The number of hydrogen-bond acceptors (Lipinski definition) is 0. The molecule has 2 nitrogen and oxygen atoms in total. The van der Waals surface area contributed by atoms with Gasteiger partial charge >= 0.3 is 0 Å². The lowest BCUT2D eigenvalue weighted by atomic mass is 9.67. The molecule has 2 aromatic heterocycles. The van der Waals surface area contributed by atoms with E-state index in [-0.39, 0.29) is 0 Å². The summed E-state index contributed by atoms with van der Waals surface area (Å²) in [4.78, 5) is 0. The molecule has 19 aromatic rings. The normalized spacial score (nSPS) is 12.9. The summed E-state index contributed by atoms with van der Waals surface area (Å²) < 4.78 is 7.12. The summed E-state index contributed by atoms with van der Waals surface area (Å²) in [6, 6.07) is 151. The van der Waals surface area contributed by atoms with E-state index in [1.807, 2.05) is 0 Å². The molecule has 0 saturated heterocycles. The number of fused-ring (bicyclic) bond motifs is 12. The van der Waals surface area contributed by atoms with Gasteiger partial charge < -0.3 is 9.13 Å². The van der Waals surface area contributed by atoms with Gasteiger partial charge in [0.2, 0.25) is 0 Å². The van der Waals surface area contributed by atoms with Crippen molar-refractivity contribution in [1.82, 2.24) is 9.13 Å². The molecule has 508 valence electrons. The lowest BCUT2D eigenvalue weighted by molar-refractivity contribution is 0.762. The molecule has 0 unspecified atom stereocenters. The number of nitrogens with zero attached hydrogens (tertiary/aromatic N) is 2. The van der Waals surface area contributed by atoms with E-state index in [0.717, 1.165) is 14.6 Å². The fourth-order valence-electron chi connectivity index (χ4n) is 18.2. The Kier molecular flexibility index (Phi) is 16.0. The van der Waals surface area contributed by atoms with Gasteiger partial charge in [-0.15, -0.1) is 0 Å². The minimum absolute atomic E-state index is 0.425. The van der Waals surface area contributed by atoms with Crippen LogP contribution in [0.3, 0.4) is 0 Å². The van der Waals surface area contributed by atoms with Crippen LogP contribution in [0, 0.1) is 0 Å². The van der Waals surface area contributed by atoms with E-state index in [0.29, 0.717) is 0 Å². The zero-order valence-electron chi connectivity index (χ0n) is 58.9. The molecule has 4 heteroatoms. The Labute approximate surface area is 645 Å². The highest BCUT2D eigenvalue weighted by Crippen LogP contribution is 2.60. The lowest BCUT2D eigenvalue weighted by Crippen LogP contribution is -2.29. The number of hydrogen-bond donors (Lipinski definition) is 0. The first kappa shape index (κ1) is 64.9. The maximum Gasteiger partial charge on any atom is 0.0734 e. The average Bonchev–Trinajstić information content (AvgIpc) is 1.52. The molecule has 2 aliphatic carbocycles. The predicted molar refractivity (Wildman–Crippen MR) is 459 cm³/mol. The minimum atomic E-state index is -0.505. The Bertz CT molecular complexity index is 6610. The van der Waals surface area contributed by atoms with Gasteiger partial charge in [0, 0.05) is 41.7 Å². The third-order valence-electron chi connectivity index (χ3n) is 22.7. The van der Waals surface area contributed by atoms with Crippen molar-refractivity contribution in [2.75, 3.05) is 0 Å². The van der Waals surface area contributed by atoms with Gasteiger partial charge in [0.05, 0.1) is 38.6 Å². The van der Waals surface area contributed by atoms with Gasteiger partial charge in [-0.2, -0.15) is 0 Å². The topological polar surface area (TPSA) is 9.86 Å². The quantitative estimate of drug-likeness (QED) is 0.122. The summed E-state index contributed by atoms with van der Waals surface area (Å²) in [6.07, 6.45) is 0. The zero-order valence-corrected chi connectivity index (χ0v) is 62.1. The fraction of sp³-hybridized carbons (Fsp3) is 0.0192. The highest BCUT2D eigenvalue weighted by atomic mass is 79.9. The third kappa shape index (κ3) is 10.3. The Morgan fingerprint density at radius 3 is 1.10 bits per heavy atom. The molecule has 0 fully saturated rings. The molecular formula is C104H68Br2N2. The van der Waals surface area contributed by atoms with Crippen LogP contribution in [0.4, 0.5) is 0 Å². The van der Waals surface area contributed by atoms with Crippen LogP contribution in [0.5, 0.6) is 0 Å². The number of benzene rings is 17. The van der Waals surface area contributed by atoms with Crippen LogP contribution in [-0.4, -0.2) is 9.13 Å². The first-order chi connectivity index (χ1) is 53.4. The second-order valence-electron chi connectivity index (χ2n) is 28.3. The molecule has 0 saturated carbocycles. The van der Waals surface area contributed by atoms with Crippen LogP contribution in [0.1, 0.15) is 44.5 Å². The second-order valence-corrected chi connectivity index (χ2v) is 30.0. The van der Waals surface area contributed by atoms with E-state index in [9.17, 15) is 0 Å². The SMILES string of the molecule is Brc1ccccc1-c1cccc(-c2ccc3c(c2)c2ccccc2n3-c2ccc(-c3cccc4c3-c3ccccc3C4(c3ccccc3)c3ccccc3)cc2)c1.Brc1ccccc1-c1cccc(-c2ccc3c(c2)c2ccccc2n3-c2cccc3c2C(c2ccccc2)(c2ccccc2)c2ccccc2-3)c1. The van der Waals surface area contributed by atoms with Crippen molar-refractivity contribution in [2.24, 2.45) is 0 Å². The molecule has 0 radical (unpaired) electrons. The highest BCUT2D eigenvalue weighted by Gasteiger charge is 2.49. The predicted octanol–water partition coefficient (Wildman–Crippen LogP) is 28.2. The lowest BCUT2D eigenvalue weighted by Gasteiger charge is -2.35. The van der Waals surface area contributed by atoms with E-state index in [1.165, 1.54) is 172 Å². The summed E-state index contributed by atoms with van der Waals surface area (Å²) in [5.74, 6) is 0. The van der Waals surface area contributed by atoms with E-state index in [2.05, 4.69) is 454 Å². The Hall–Kier alpha value is -12.7. The highest BCUT2D eigenvalue weighted by molar-refractivity contribution is 9.11. The van der Waals surface area contributed by atoms with Gasteiger partial charge in [-0.1, -0.05) is 366 Å².